The highest BCUT2D eigenvalue weighted by Gasteiger charge is 2.10. The third-order valence-electron chi connectivity index (χ3n) is 1.86. The van der Waals surface area contributed by atoms with E-state index in [4.69, 9.17) is 5.73 Å². The van der Waals surface area contributed by atoms with E-state index in [1.807, 2.05) is 0 Å². The lowest BCUT2D eigenvalue weighted by Crippen LogP contribution is -2.06. The number of carbonyl (C=O) groups is 2. The van der Waals surface area contributed by atoms with Gasteiger partial charge in [0.15, 0.2) is 0 Å². The van der Waals surface area contributed by atoms with Gasteiger partial charge in [-0.1, -0.05) is 0 Å². The molecule has 0 spiro atoms. The van der Waals surface area contributed by atoms with Gasteiger partial charge in [0.05, 0.1) is 7.11 Å². The molecule has 1 aromatic heterocycles. The van der Waals surface area contributed by atoms with Gasteiger partial charge in [0, 0.05) is 19.3 Å². The molecular formula is C10H12N2O3. The van der Waals surface area contributed by atoms with Crippen LogP contribution < -0.4 is 5.73 Å². The second-order valence-corrected chi connectivity index (χ2v) is 3.00. The van der Waals surface area contributed by atoms with Crippen molar-refractivity contribution in [1.29, 1.82) is 0 Å². The molecule has 5 heteroatoms. The van der Waals surface area contributed by atoms with Crippen LogP contribution in [0, 0.1) is 0 Å². The summed E-state index contributed by atoms with van der Waals surface area (Å²) in [4.78, 5) is 21.7. The van der Waals surface area contributed by atoms with Gasteiger partial charge >= 0.3 is 5.97 Å². The molecule has 0 fully saturated rings. The molecule has 0 saturated carbocycles. The van der Waals surface area contributed by atoms with Crippen molar-refractivity contribution in [2.24, 2.45) is 12.8 Å². The van der Waals surface area contributed by atoms with Gasteiger partial charge in [0.1, 0.15) is 5.69 Å². The second kappa shape index (κ2) is 4.45. The smallest absolute Gasteiger partial charge is 0.354 e. The number of carbonyl (C=O) groups excluding carboxylic acids is 2. The lowest BCUT2D eigenvalue weighted by molar-refractivity contribution is -0.113. The maximum absolute atomic E-state index is 11.2. The van der Waals surface area contributed by atoms with E-state index in [1.54, 1.807) is 23.9 Å². The minimum Gasteiger partial charge on any atom is -0.464 e. The van der Waals surface area contributed by atoms with Gasteiger partial charge in [-0.3, -0.25) is 4.79 Å². The number of ether oxygens (including phenoxy) is 1. The molecule has 15 heavy (non-hydrogen) atoms. The topological polar surface area (TPSA) is 74.3 Å². The van der Waals surface area contributed by atoms with Crippen LogP contribution in [-0.4, -0.2) is 23.6 Å². The molecule has 0 saturated heterocycles. The molecule has 0 aromatic carbocycles. The fourth-order valence-electron chi connectivity index (χ4n) is 1.17. The molecule has 1 aromatic rings. The van der Waals surface area contributed by atoms with E-state index in [-0.39, 0.29) is 0 Å². The first-order chi connectivity index (χ1) is 7.04. The van der Waals surface area contributed by atoms with E-state index in [2.05, 4.69) is 4.74 Å². The predicted molar refractivity (Wildman–Crippen MR) is 55.0 cm³/mol. The summed E-state index contributed by atoms with van der Waals surface area (Å²) < 4.78 is 6.20. The molecule has 1 heterocycles. The van der Waals surface area contributed by atoms with Crippen molar-refractivity contribution in [1.82, 2.24) is 4.57 Å². The SMILES string of the molecule is COC(=O)c1cc(/C=C\C(N)=O)cn1C. The van der Waals surface area contributed by atoms with E-state index in [0.29, 0.717) is 5.69 Å². The van der Waals surface area contributed by atoms with Crippen LogP contribution in [0.1, 0.15) is 16.1 Å². The number of hydrogen-bond donors (Lipinski definition) is 1. The average Bonchev–Trinajstić information content (AvgIpc) is 2.55. The minimum absolute atomic E-state index is 0.418. The third-order valence-corrected chi connectivity index (χ3v) is 1.86. The summed E-state index contributed by atoms with van der Waals surface area (Å²) >= 11 is 0. The first kappa shape index (κ1) is 11.0. The zero-order valence-electron chi connectivity index (χ0n) is 8.56. The van der Waals surface area contributed by atoms with Crippen molar-refractivity contribution in [2.75, 3.05) is 7.11 Å². The average molecular weight is 208 g/mol. The molecule has 0 atom stereocenters. The lowest BCUT2D eigenvalue weighted by atomic mass is 10.3. The summed E-state index contributed by atoms with van der Waals surface area (Å²) in [5, 5.41) is 0. The van der Waals surface area contributed by atoms with Crippen LogP contribution in [0.5, 0.6) is 0 Å². The Morgan fingerprint density at radius 2 is 2.20 bits per heavy atom. The first-order valence-corrected chi connectivity index (χ1v) is 4.27. The maximum atomic E-state index is 11.2. The summed E-state index contributed by atoms with van der Waals surface area (Å²) in [7, 11) is 3.03. The van der Waals surface area contributed by atoms with Gasteiger partial charge < -0.3 is 15.0 Å². The molecule has 0 radical (unpaired) electrons. The summed E-state index contributed by atoms with van der Waals surface area (Å²) in [6, 6.07) is 1.62. The van der Waals surface area contributed by atoms with Crippen LogP contribution in [0.4, 0.5) is 0 Å². The molecule has 5 nitrogen and oxygen atoms in total. The Morgan fingerprint density at radius 3 is 2.73 bits per heavy atom. The Morgan fingerprint density at radius 1 is 1.53 bits per heavy atom. The van der Waals surface area contributed by atoms with Gasteiger partial charge in [0.25, 0.3) is 0 Å². The normalized spacial score (nSPS) is 10.5. The van der Waals surface area contributed by atoms with E-state index in [1.165, 1.54) is 19.3 Å². The largest absolute Gasteiger partial charge is 0.464 e. The Labute approximate surface area is 87.1 Å². The molecule has 0 aliphatic carbocycles. The summed E-state index contributed by atoms with van der Waals surface area (Å²) in [5.41, 5.74) is 6.08. The van der Waals surface area contributed by atoms with Gasteiger partial charge in [-0.15, -0.1) is 0 Å². The molecular weight excluding hydrogens is 196 g/mol. The standard InChI is InChI=1S/C10H12N2O3/c1-12-6-7(3-4-9(11)13)5-8(12)10(14)15-2/h3-6H,1-2H3,(H2,11,13)/b4-3-. The van der Waals surface area contributed by atoms with Crippen LogP contribution in [0.25, 0.3) is 6.08 Å². The number of primary amides is 1. The number of hydrogen-bond acceptors (Lipinski definition) is 3. The highest BCUT2D eigenvalue weighted by molar-refractivity contribution is 5.92. The number of nitrogens with zero attached hydrogens (tertiary/aromatic N) is 1. The van der Waals surface area contributed by atoms with E-state index in [0.717, 1.165) is 5.56 Å². The number of nitrogens with two attached hydrogens (primary N) is 1. The fraction of sp³-hybridized carbons (Fsp3) is 0.200. The van der Waals surface area contributed by atoms with Gasteiger partial charge in [-0.05, 0) is 17.7 Å². The van der Waals surface area contributed by atoms with Crippen LogP contribution >= 0.6 is 0 Å². The van der Waals surface area contributed by atoms with Crippen LogP contribution in [0.3, 0.4) is 0 Å². The monoisotopic (exact) mass is 208 g/mol. The number of methoxy groups -OCH3 is 1. The number of rotatable bonds is 3. The number of amides is 1. The van der Waals surface area contributed by atoms with Crippen LogP contribution in [0.2, 0.25) is 0 Å². The van der Waals surface area contributed by atoms with E-state index >= 15 is 0 Å². The van der Waals surface area contributed by atoms with Crippen molar-refractivity contribution in [3.8, 4) is 0 Å². The van der Waals surface area contributed by atoms with Crippen LogP contribution in [0.15, 0.2) is 18.3 Å². The Kier molecular flexibility index (Phi) is 3.28. The highest BCUT2D eigenvalue weighted by Crippen LogP contribution is 2.09. The Hall–Kier alpha value is -2.04. The second-order valence-electron chi connectivity index (χ2n) is 3.00. The lowest BCUT2D eigenvalue weighted by Gasteiger charge is -1.98. The van der Waals surface area contributed by atoms with Crippen LogP contribution in [-0.2, 0) is 16.6 Å². The van der Waals surface area contributed by atoms with Gasteiger partial charge in [-0.25, -0.2) is 4.79 Å². The first-order valence-electron chi connectivity index (χ1n) is 4.27. The summed E-state index contributed by atoms with van der Waals surface area (Å²) in [6.07, 6.45) is 4.47. The van der Waals surface area contributed by atoms with Crippen molar-refractivity contribution >= 4 is 18.0 Å². The molecule has 0 aliphatic heterocycles. The van der Waals surface area contributed by atoms with Gasteiger partial charge in [0.2, 0.25) is 5.91 Å². The van der Waals surface area contributed by atoms with Gasteiger partial charge in [-0.2, -0.15) is 0 Å². The Bertz CT molecular complexity index is 418. The molecule has 80 valence electrons. The number of esters is 1. The highest BCUT2D eigenvalue weighted by atomic mass is 16.5. The molecule has 0 unspecified atom stereocenters. The predicted octanol–water partition coefficient (Wildman–Crippen LogP) is 0.310. The zero-order chi connectivity index (χ0) is 11.4. The molecule has 1 rings (SSSR count). The van der Waals surface area contributed by atoms with E-state index in [9.17, 15) is 9.59 Å². The zero-order valence-corrected chi connectivity index (χ0v) is 8.56. The number of aromatic nitrogens is 1. The van der Waals surface area contributed by atoms with Crippen molar-refractivity contribution in [3.05, 3.63) is 29.6 Å². The number of aryl methyl sites for hydroxylation is 1. The molecule has 1 amide bonds. The molecule has 0 bridgehead atoms. The maximum Gasteiger partial charge on any atom is 0.354 e. The van der Waals surface area contributed by atoms with Crippen molar-refractivity contribution in [2.45, 2.75) is 0 Å². The Balaban J connectivity index is 2.95. The summed E-state index contributed by atoms with van der Waals surface area (Å²) in [5.74, 6) is -0.949. The van der Waals surface area contributed by atoms with E-state index < -0.39 is 11.9 Å². The van der Waals surface area contributed by atoms with Crippen molar-refractivity contribution < 1.29 is 14.3 Å². The quantitative estimate of drug-likeness (QED) is 0.573. The third kappa shape index (κ3) is 2.70. The fourth-order valence-corrected chi connectivity index (χ4v) is 1.17. The van der Waals surface area contributed by atoms with Crippen molar-refractivity contribution in [3.63, 3.8) is 0 Å². The minimum atomic E-state index is -0.529. The summed E-state index contributed by atoms with van der Waals surface area (Å²) in [6.45, 7) is 0. The molecule has 0 aliphatic rings. The molecule has 2 N–H and O–H groups in total.